The van der Waals surface area contributed by atoms with Gasteiger partial charge < -0.3 is 0 Å². The van der Waals surface area contributed by atoms with Crippen LogP contribution in [0.2, 0.25) is 0 Å². The summed E-state index contributed by atoms with van der Waals surface area (Å²) in [5.74, 6) is -0.0648. The Morgan fingerprint density at radius 2 is 1.83 bits per heavy atom. The first-order chi connectivity index (χ1) is 5.58. The van der Waals surface area contributed by atoms with Crippen LogP contribution in [0.5, 0.6) is 0 Å². The molecule has 0 fully saturated rings. The summed E-state index contributed by atoms with van der Waals surface area (Å²) >= 11 is 0. The zero-order chi connectivity index (χ0) is 9.14. The maximum atomic E-state index is 10.7. The second-order valence-corrected chi connectivity index (χ2v) is 2.97. The first kappa shape index (κ1) is 8.71. The molecule has 1 heterocycles. The molecule has 0 aliphatic heterocycles. The fourth-order valence-electron chi connectivity index (χ4n) is 1.16. The zero-order valence-corrected chi connectivity index (χ0v) is 7.59. The van der Waals surface area contributed by atoms with E-state index in [-0.39, 0.29) is 5.91 Å². The van der Waals surface area contributed by atoms with Crippen molar-refractivity contribution in [3.63, 3.8) is 0 Å². The number of nitrogens with zero attached hydrogens (tertiary/aromatic N) is 1. The first-order valence-corrected chi connectivity index (χ1v) is 3.85. The van der Waals surface area contributed by atoms with Crippen molar-refractivity contribution in [3.05, 3.63) is 29.6 Å². The highest BCUT2D eigenvalue weighted by atomic mass is 16.2. The van der Waals surface area contributed by atoms with Gasteiger partial charge in [0, 0.05) is 18.1 Å². The van der Waals surface area contributed by atoms with Crippen molar-refractivity contribution in [2.45, 2.75) is 20.8 Å². The molecule has 1 N–H and O–H groups in total. The summed E-state index contributed by atoms with van der Waals surface area (Å²) in [4.78, 5) is 10.7. The van der Waals surface area contributed by atoms with Gasteiger partial charge in [-0.1, -0.05) is 4.68 Å². The fourth-order valence-corrected chi connectivity index (χ4v) is 1.16. The number of carbonyl (C=O) groups is 1. The Bertz CT molecular complexity index is 287. The molecule has 1 aromatic rings. The second kappa shape index (κ2) is 3.34. The number of hydrogen-bond acceptors (Lipinski definition) is 1. The predicted molar refractivity (Wildman–Crippen MR) is 46.2 cm³/mol. The molecular formula is C9H13N2O+. The molecule has 1 aromatic heterocycles. The van der Waals surface area contributed by atoms with Crippen LogP contribution < -0.4 is 10.1 Å². The van der Waals surface area contributed by atoms with E-state index in [4.69, 9.17) is 0 Å². The van der Waals surface area contributed by atoms with Crippen LogP contribution in [0.3, 0.4) is 0 Å². The monoisotopic (exact) mass is 165 g/mol. The minimum atomic E-state index is -0.0648. The lowest BCUT2D eigenvalue weighted by Crippen LogP contribution is -2.47. The number of nitrogens with one attached hydrogen (secondary N) is 1. The quantitative estimate of drug-likeness (QED) is 0.610. The number of amides is 1. The van der Waals surface area contributed by atoms with E-state index in [0.717, 1.165) is 11.1 Å². The van der Waals surface area contributed by atoms with Crippen LogP contribution in [0.1, 0.15) is 18.1 Å². The highest BCUT2D eigenvalue weighted by molar-refractivity contribution is 5.79. The van der Waals surface area contributed by atoms with Gasteiger partial charge in [0.15, 0.2) is 0 Å². The largest absolute Gasteiger partial charge is 0.271 e. The predicted octanol–water partition coefficient (Wildman–Crippen LogP) is 0.681. The molecule has 64 valence electrons. The van der Waals surface area contributed by atoms with E-state index in [2.05, 4.69) is 11.5 Å². The maximum absolute atomic E-state index is 10.7. The maximum Gasteiger partial charge on any atom is 0.271 e. The normalized spacial score (nSPS) is 9.58. The molecule has 1 amide bonds. The number of aromatic nitrogens is 1. The van der Waals surface area contributed by atoms with E-state index in [1.807, 2.05) is 26.2 Å². The van der Waals surface area contributed by atoms with E-state index in [0.29, 0.717) is 0 Å². The number of aryl methyl sites for hydroxylation is 2. The smallest absolute Gasteiger partial charge is 0.270 e. The zero-order valence-electron chi connectivity index (χ0n) is 7.59. The summed E-state index contributed by atoms with van der Waals surface area (Å²) in [6.07, 6.45) is 3.74. The number of rotatable bonds is 1. The highest BCUT2D eigenvalue weighted by Crippen LogP contribution is 1.95. The lowest BCUT2D eigenvalue weighted by Gasteiger charge is -1.97. The van der Waals surface area contributed by atoms with Gasteiger partial charge >= 0.3 is 0 Å². The third-order valence-electron chi connectivity index (χ3n) is 1.43. The second-order valence-electron chi connectivity index (χ2n) is 2.97. The standard InChI is InChI=1S/C9H12N2O/c1-7-4-8(2)6-11(5-7)10-9(3)12/h4-6H,1-3H3/p+1. The van der Waals surface area contributed by atoms with Gasteiger partial charge in [-0.3, -0.25) is 4.79 Å². The summed E-state index contributed by atoms with van der Waals surface area (Å²) in [6.45, 7) is 5.47. The molecule has 3 heteroatoms. The first-order valence-electron chi connectivity index (χ1n) is 3.85. The molecule has 0 unspecified atom stereocenters. The van der Waals surface area contributed by atoms with Crippen LogP contribution in [0.15, 0.2) is 18.5 Å². The van der Waals surface area contributed by atoms with Gasteiger partial charge in [0.05, 0.1) is 0 Å². The number of hydrogen-bond donors (Lipinski definition) is 1. The molecule has 1 rings (SSSR count). The summed E-state index contributed by atoms with van der Waals surface area (Å²) in [7, 11) is 0. The molecule has 0 aromatic carbocycles. The van der Waals surface area contributed by atoms with Gasteiger partial charge in [-0.2, -0.15) is 0 Å². The fraction of sp³-hybridized carbons (Fsp3) is 0.333. The number of pyridine rings is 1. The average molecular weight is 165 g/mol. The van der Waals surface area contributed by atoms with Crippen LogP contribution in [0.25, 0.3) is 0 Å². The van der Waals surface area contributed by atoms with Crippen molar-refractivity contribution in [1.82, 2.24) is 0 Å². The molecule has 0 saturated heterocycles. The molecule has 0 saturated carbocycles. The van der Waals surface area contributed by atoms with E-state index in [9.17, 15) is 4.79 Å². The molecule has 0 atom stereocenters. The summed E-state index contributed by atoms with van der Waals surface area (Å²) in [6, 6.07) is 2.05. The third kappa shape index (κ3) is 2.34. The van der Waals surface area contributed by atoms with Crippen molar-refractivity contribution < 1.29 is 9.47 Å². The van der Waals surface area contributed by atoms with Crippen LogP contribution in [-0.4, -0.2) is 5.91 Å². The van der Waals surface area contributed by atoms with Gasteiger partial charge in [0.2, 0.25) is 12.4 Å². The SMILES string of the molecule is CC(=O)N[n+]1cc(C)cc(C)c1. The Labute approximate surface area is 72.0 Å². The Morgan fingerprint density at radius 1 is 1.33 bits per heavy atom. The van der Waals surface area contributed by atoms with Crippen LogP contribution in [0, 0.1) is 13.8 Å². The van der Waals surface area contributed by atoms with Crippen molar-refractivity contribution in [1.29, 1.82) is 0 Å². The summed E-state index contributed by atoms with van der Waals surface area (Å²) in [5.41, 5.74) is 4.92. The topological polar surface area (TPSA) is 33.0 Å². The van der Waals surface area contributed by atoms with Gasteiger partial charge in [0.1, 0.15) is 0 Å². The van der Waals surface area contributed by atoms with Crippen LogP contribution in [0.4, 0.5) is 0 Å². The summed E-state index contributed by atoms with van der Waals surface area (Å²) in [5, 5.41) is 0. The molecular weight excluding hydrogens is 152 g/mol. The average Bonchev–Trinajstić information content (AvgIpc) is 1.81. The van der Waals surface area contributed by atoms with E-state index in [1.165, 1.54) is 6.92 Å². The van der Waals surface area contributed by atoms with E-state index >= 15 is 0 Å². The molecule has 0 spiro atoms. The number of carbonyl (C=O) groups excluding carboxylic acids is 1. The Morgan fingerprint density at radius 3 is 2.25 bits per heavy atom. The molecule has 12 heavy (non-hydrogen) atoms. The minimum absolute atomic E-state index is 0.0648. The molecule has 0 bridgehead atoms. The Kier molecular flexibility index (Phi) is 2.43. The Balaban J connectivity index is 2.93. The lowest BCUT2D eigenvalue weighted by molar-refractivity contribution is -0.642. The van der Waals surface area contributed by atoms with Crippen molar-refractivity contribution in [2.24, 2.45) is 0 Å². The third-order valence-corrected chi connectivity index (χ3v) is 1.43. The van der Waals surface area contributed by atoms with E-state index in [1.54, 1.807) is 4.68 Å². The van der Waals surface area contributed by atoms with Gasteiger partial charge in [0.25, 0.3) is 5.91 Å². The molecule has 3 nitrogen and oxygen atoms in total. The Hall–Kier alpha value is -1.38. The van der Waals surface area contributed by atoms with E-state index < -0.39 is 0 Å². The van der Waals surface area contributed by atoms with Crippen molar-refractivity contribution in [2.75, 3.05) is 5.43 Å². The molecule has 0 aliphatic rings. The lowest BCUT2D eigenvalue weighted by atomic mass is 10.2. The van der Waals surface area contributed by atoms with Gasteiger partial charge in [-0.05, 0) is 19.9 Å². The van der Waals surface area contributed by atoms with Crippen LogP contribution >= 0.6 is 0 Å². The molecule has 0 aliphatic carbocycles. The minimum Gasteiger partial charge on any atom is -0.270 e. The van der Waals surface area contributed by atoms with Gasteiger partial charge in [-0.15, -0.1) is 5.43 Å². The van der Waals surface area contributed by atoms with Crippen LogP contribution in [-0.2, 0) is 4.79 Å². The summed E-state index contributed by atoms with van der Waals surface area (Å²) < 4.78 is 1.67. The highest BCUT2D eigenvalue weighted by Gasteiger charge is 2.03. The van der Waals surface area contributed by atoms with Crippen molar-refractivity contribution in [3.8, 4) is 0 Å². The van der Waals surface area contributed by atoms with Crippen molar-refractivity contribution >= 4 is 5.91 Å². The van der Waals surface area contributed by atoms with Gasteiger partial charge in [-0.25, -0.2) is 0 Å². The molecule has 0 radical (unpaired) electrons.